The van der Waals surface area contributed by atoms with E-state index in [9.17, 15) is 5.26 Å². The molecule has 1 aromatic heterocycles. The fraction of sp³-hybridized carbons (Fsp3) is 0.333. The third-order valence-electron chi connectivity index (χ3n) is 3.27. The van der Waals surface area contributed by atoms with Crippen molar-refractivity contribution in [3.63, 3.8) is 0 Å². The number of ether oxygens (including phenoxy) is 1. The Morgan fingerprint density at radius 2 is 2.05 bits per heavy atom. The minimum atomic E-state index is 0.550. The number of rotatable bonds is 2. The highest BCUT2D eigenvalue weighted by atomic mass is 32.2. The van der Waals surface area contributed by atoms with Crippen LogP contribution in [0, 0.1) is 11.3 Å². The Hall–Kier alpha value is -1.57. The van der Waals surface area contributed by atoms with Crippen LogP contribution < -0.4 is 0 Å². The summed E-state index contributed by atoms with van der Waals surface area (Å²) in [4.78, 5) is 4.65. The van der Waals surface area contributed by atoms with Crippen LogP contribution >= 0.6 is 11.8 Å². The summed E-state index contributed by atoms with van der Waals surface area (Å²) in [6, 6.07) is 12.0. The number of nitrogens with zero attached hydrogens (tertiary/aromatic N) is 2. The van der Waals surface area contributed by atoms with Gasteiger partial charge in [-0.05, 0) is 25.0 Å². The molecular weight excluding hydrogens is 256 g/mol. The van der Waals surface area contributed by atoms with Crippen LogP contribution in [-0.2, 0) is 4.74 Å². The summed E-state index contributed by atoms with van der Waals surface area (Å²) in [6.45, 7) is 1.66. The minimum absolute atomic E-state index is 0.550. The van der Waals surface area contributed by atoms with Crippen molar-refractivity contribution in [2.75, 3.05) is 13.2 Å². The predicted molar refractivity (Wildman–Crippen MR) is 76.2 cm³/mol. The first-order valence-corrected chi connectivity index (χ1v) is 7.29. The van der Waals surface area contributed by atoms with Gasteiger partial charge in [0.15, 0.2) is 0 Å². The number of benzene rings is 1. The van der Waals surface area contributed by atoms with Crippen LogP contribution in [0.3, 0.4) is 0 Å². The van der Waals surface area contributed by atoms with E-state index < -0.39 is 0 Å². The Bertz CT molecular complexity index is 630. The molecule has 0 spiro atoms. The maximum Gasteiger partial charge on any atom is 0.0999 e. The van der Waals surface area contributed by atoms with Crippen molar-refractivity contribution in [2.24, 2.45) is 0 Å². The monoisotopic (exact) mass is 270 g/mol. The maximum atomic E-state index is 9.26. The highest BCUT2D eigenvalue weighted by Gasteiger charge is 2.16. The molecule has 0 bridgehead atoms. The van der Waals surface area contributed by atoms with Gasteiger partial charge in [-0.25, -0.2) is 4.98 Å². The summed E-state index contributed by atoms with van der Waals surface area (Å²) in [6.07, 6.45) is 2.11. The first kappa shape index (κ1) is 12.5. The Labute approximate surface area is 116 Å². The SMILES string of the molecule is N#Cc1cc(SC2CCOCC2)nc2ccccc12. The lowest BCUT2D eigenvalue weighted by Gasteiger charge is -2.21. The molecule has 2 aromatic rings. The molecule has 2 heterocycles. The molecule has 1 aliphatic heterocycles. The molecule has 1 aromatic carbocycles. The average molecular weight is 270 g/mol. The average Bonchev–Trinajstić information content (AvgIpc) is 2.47. The lowest BCUT2D eigenvalue weighted by atomic mass is 10.1. The molecule has 1 saturated heterocycles. The van der Waals surface area contributed by atoms with E-state index in [4.69, 9.17) is 4.74 Å². The van der Waals surface area contributed by atoms with Crippen molar-refractivity contribution in [1.29, 1.82) is 5.26 Å². The first-order chi connectivity index (χ1) is 9.36. The molecule has 0 N–H and O–H groups in total. The molecule has 0 atom stereocenters. The zero-order chi connectivity index (χ0) is 13.1. The molecule has 1 aliphatic rings. The fourth-order valence-electron chi connectivity index (χ4n) is 2.27. The van der Waals surface area contributed by atoms with E-state index in [1.54, 1.807) is 11.8 Å². The predicted octanol–water partition coefficient (Wildman–Crippen LogP) is 3.38. The van der Waals surface area contributed by atoms with Crippen LogP contribution in [-0.4, -0.2) is 23.4 Å². The van der Waals surface area contributed by atoms with E-state index >= 15 is 0 Å². The smallest absolute Gasteiger partial charge is 0.0999 e. The van der Waals surface area contributed by atoms with E-state index in [2.05, 4.69) is 11.1 Å². The summed E-state index contributed by atoms with van der Waals surface area (Å²) in [5, 5.41) is 11.7. The van der Waals surface area contributed by atoms with E-state index in [1.807, 2.05) is 30.3 Å². The van der Waals surface area contributed by atoms with Gasteiger partial charge in [0.2, 0.25) is 0 Å². The van der Waals surface area contributed by atoms with Crippen LogP contribution in [0.1, 0.15) is 18.4 Å². The second-order valence-corrected chi connectivity index (χ2v) is 5.89. The Morgan fingerprint density at radius 1 is 1.26 bits per heavy atom. The van der Waals surface area contributed by atoms with E-state index in [1.165, 1.54) is 0 Å². The zero-order valence-electron chi connectivity index (χ0n) is 10.5. The van der Waals surface area contributed by atoms with Crippen LogP contribution in [0.2, 0.25) is 0 Å². The molecule has 3 rings (SSSR count). The number of nitriles is 1. The lowest BCUT2D eigenvalue weighted by molar-refractivity contribution is 0.1000. The fourth-order valence-corrected chi connectivity index (χ4v) is 3.38. The molecule has 0 unspecified atom stereocenters. The van der Waals surface area contributed by atoms with Crippen molar-refractivity contribution in [2.45, 2.75) is 23.1 Å². The summed E-state index contributed by atoms with van der Waals surface area (Å²) >= 11 is 1.77. The topological polar surface area (TPSA) is 45.9 Å². The summed E-state index contributed by atoms with van der Waals surface area (Å²) in [5.74, 6) is 0. The Morgan fingerprint density at radius 3 is 2.84 bits per heavy atom. The number of thioether (sulfide) groups is 1. The number of para-hydroxylation sites is 1. The van der Waals surface area contributed by atoms with Gasteiger partial charge in [-0.1, -0.05) is 18.2 Å². The van der Waals surface area contributed by atoms with E-state index in [0.717, 1.165) is 42.0 Å². The first-order valence-electron chi connectivity index (χ1n) is 6.41. The van der Waals surface area contributed by atoms with Gasteiger partial charge < -0.3 is 4.74 Å². The van der Waals surface area contributed by atoms with Crippen molar-refractivity contribution in [3.8, 4) is 6.07 Å². The summed E-state index contributed by atoms with van der Waals surface area (Å²) in [7, 11) is 0. The molecule has 96 valence electrons. The molecule has 0 aliphatic carbocycles. The maximum absolute atomic E-state index is 9.26. The van der Waals surface area contributed by atoms with E-state index in [-0.39, 0.29) is 0 Å². The third kappa shape index (κ3) is 2.73. The van der Waals surface area contributed by atoms with Crippen LogP contribution in [0.15, 0.2) is 35.4 Å². The number of fused-ring (bicyclic) bond motifs is 1. The number of hydrogen-bond acceptors (Lipinski definition) is 4. The van der Waals surface area contributed by atoms with Gasteiger partial charge in [-0.15, -0.1) is 11.8 Å². The standard InChI is InChI=1S/C15H14N2OS/c16-10-11-9-15(19-12-5-7-18-8-6-12)17-14-4-2-1-3-13(11)14/h1-4,9,12H,5-8H2. The zero-order valence-corrected chi connectivity index (χ0v) is 11.3. The largest absolute Gasteiger partial charge is 0.381 e. The molecule has 0 amide bonds. The van der Waals surface area contributed by atoms with Crippen molar-refractivity contribution in [1.82, 2.24) is 4.98 Å². The molecular formula is C15H14N2OS. The van der Waals surface area contributed by atoms with Gasteiger partial charge in [0, 0.05) is 23.8 Å². The molecule has 4 heteroatoms. The highest BCUT2D eigenvalue weighted by Crippen LogP contribution is 2.30. The second-order valence-electron chi connectivity index (χ2n) is 4.57. The van der Waals surface area contributed by atoms with Crippen LogP contribution in [0.5, 0.6) is 0 Å². The highest BCUT2D eigenvalue weighted by molar-refractivity contribution is 7.99. The summed E-state index contributed by atoms with van der Waals surface area (Å²) < 4.78 is 5.37. The number of pyridine rings is 1. The van der Waals surface area contributed by atoms with Gasteiger partial charge in [0.25, 0.3) is 0 Å². The van der Waals surface area contributed by atoms with Gasteiger partial charge in [0.1, 0.15) is 0 Å². The quantitative estimate of drug-likeness (QED) is 0.839. The molecule has 0 saturated carbocycles. The van der Waals surface area contributed by atoms with Gasteiger partial charge in [-0.3, -0.25) is 0 Å². The number of hydrogen-bond donors (Lipinski definition) is 0. The van der Waals surface area contributed by atoms with Crippen LogP contribution in [0.25, 0.3) is 10.9 Å². The van der Waals surface area contributed by atoms with Crippen molar-refractivity contribution >= 4 is 22.7 Å². The number of aromatic nitrogens is 1. The second kappa shape index (κ2) is 5.60. The van der Waals surface area contributed by atoms with Crippen molar-refractivity contribution in [3.05, 3.63) is 35.9 Å². The van der Waals surface area contributed by atoms with Gasteiger partial charge >= 0.3 is 0 Å². The molecule has 0 radical (unpaired) electrons. The van der Waals surface area contributed by atoms with Crippen LogP contribution in [0.4, 0.5) is 0 Å². The third-order valence-corrected chi connectivity index (χ3v) is 4.52. The summed E-state index contributed by atoms with van der Waals surface area (Å²) in [5.41, 5.74) is 1.61. The Kier molecular flexibility index (Phi) is 3.67. The van der Waals surface area contributed by atoms with Gasteiger partial charge in [0.05, 0.1) is 22.2 Å². The minimum Gasteiger partial charge on any atom is -0.381 e. The molecule has 19 heavy (non-hydrogen) atoms. The van der Waals surface area contributed by atoms with Gasteiger partial charge in [-0.2, -0.15) is 5.26 Å². The molecule has 3 nitrogen and oxygen atoms in total. The van der Waals surface area contributed by atoms with E-state index in [0.29, 0.717) is 10.8 Å². The molecule has 1 fully saturated rings. The Balaban J connectivity index is 1.93. The lowest BCUT2D eigenvalue weighted by Crippen LogP contribution is -2.17. The normalized spacial score (nSPS) is 16.4. The van der Waals surface area contributed by atoms with Crippen molar-refractivity contribution < 1.29 is 4.74 Å².